The fraction of sp³-hybridized carbons (Fsp3) is 0.312. The molecule has 1 amide bonds. The van der Waals surface area contributed by atoms with Crippen LogP contribution >= 0.6 is 11.3 Å². The van der Waals surface area contributed by atoms with Gasteiger partial charge in [0.05, 0.1) is 4.88 Å². The summed E-state index contributed by atoms with van der Waals surface area (Å²) in [5.74, 6) is -5.46. The van der Waals surface area contributed by atoms with Gasteiger partial charge in [-0.3, -0.25) is 10.2 Å². The van der Waals surface area contributed by atoms with Crippen molar-refractivity contribution < 1.29 is 26.4 Å². The lowest BCUT2D eigenvalue weighted by molar-refractivity contribution is 0.0949. The van der Waals surface area contributed by atoms with Gasteiger partial charge in [0.1, 0.15) is 4.90 Å². The minimum atomic E-state index is -4.60. The molecule has 0 saturated heterocycles. The summed E-state index contributed by atoms with van der Waals surface area (Å²) in [4.78, 5) is 14.2. The van der Waals surface area contributed by atoms with Crippen LogP contribution in [0.15, 0.2) is 23.1 Å². The van der Waals surface area contributed by atoms with Crippen molar-refractivity contribution in [1.29, 1.82) is 0 Å². The van der Waals surface area contributed by atoms with Crippen LogP contribution in [0.2, 0.25) is 0 Å². The molecule has 0 spiro atoms. The van der Waals surface area contributed by atoms with Crippen molar-refractivity contribution in [3.05, 3.63) is 51.0 Å². The van der Waals surface area contributed by atoms with E-state index < -0.39 is 38.3 Å². The van der Waals surface area contributed by atoms with Crippen LogP contribution in [0.5, 0.6) is 0 Å². The highest BCUT2D eigenvalue weighted by atomic mass is 32.2. The van der Waals surface area contributed by atoms with Crippen molar-refractivity contribution >= 4 is 27.3 Å². The minimum absolute atomic E-state index is 0.317. The number of rotatable bonds is 4. The molecule has 0 saturated carbocycles. The summed E-state index contributed by atoms with van der Waals surface area (Å²) < 4.78 is 63.9. The second-order valence-corrected chi connectivity index (χ2v) is 8.93. The van der Waals surface area contributed by atoms with Gasteiger partial charge in [-0.15, -0.1) is 16.2 Å². The zero-order chi connectivity index (χ0) is 19.1. The van der Waals surface area contributed by atoms with Crippen molar-refractivity contribution in [2.45, 2.75) is 31.1 Å². The van der Waals surface area contributed by atoms with Crippen molar-refractivity contribution in [3.63, 3.8) is 0 Å². The van der Waals surface area contributed by atoms with Gasteiger partial charge >= 0.3 is 0 Å². The van der Waals surface area contributed by atoms with Crippen LogP contribution in [0.25, 0.3) is 0 Å². The topological polar surface area (TPSA) is 75.3 Å². The zero-order valence-electron chi connectivity index (χ0n) is 13.6. The van der Waals surface area contributed by atoms with E-state index in [0.29, 0.717) is 22.9 Å². The second kappa shape index (κ2) is 7.01. The first-order valence-corrected chi connectivity index (χ1v) is 10.1. The van der Waals surface area contributed by atoms with Gasteiger partial charge in [-0.05, 0) is 48.9 Å². The number of benzene rings is 1. The van der Waals surface area contributed by atoms with Crippen LogP contribution in [0.1, 0.15) is 33.5 Å². The fourth-order valence-corrected chi connectivity index (χ4v) is 4.78. The van der Waals surface area contributed by atoms with Gasteiger partial charge in [0, 0.05) is 4.88 Å². The minimum Gasteiger partial charge on any atom is -0.273 e. The Morgan fingerprint density at radius 2 is 1.96 bits per heavy atom. The summed E-state index contributed by atoms with van der Waals surface area (Å²) in [5, 5.41) is 0. The number of hydrogen-bond acceptors (Lipinski definition) is 4. The number of aryl methyl sites for hydroxylation is 1. The number of sulfonamides is 1. The summed E-state index contributed by atoms with van der Waals surface area (Å²) >= 11 is 1.27. The molecule has 1 aromatic carbocycles. The van der Waals surface area contributed by atoms with E-state index in [1.54, 1.807) is 10.9 Å². The lowest BCUT2D eigenvalue weighted by Crippen LogP contribution is -2.41. The predicted molar refractivity (Wildman–Crippen MR) is 89.6 cm³/mol. The number of hydrazine groups is 1. The van der Waals surface area contributed by atoms with Gasteiger partial charge in [0.2, 0.25) is 0 Å². The lowest BCUT2D eigenvalue weighted by Gasteiger charge is -2.16. The van der Waals surface area contributed by atoms with Crippen molar-refractivity contribution in [1.82, 2.24) is 10.3 Å². The second-order valence-electron chi connectivity index (χ2n) is 6.14. The number of nitrogens with one attached hydrogen (secondary N) is 2. The van der Waals surface area contributed by atoms with Crippen molar-refractivity contribution in [3.8, 4) is 0 Å². The molecule has 0 aliphatic heterocycles. The van der Waals surface area contributed by atoms with Gasteiger partial charge in [-0.1, -0.05) is 6.92 Å². The van der Waals surface area contributed by atoms with Crippen LogP contribution in [-0.2, 0) is 22.9 Å². The van der Waals surface area contributed by atoms with Crippen LogP contribution in [0.3, 0.4) is 0 Å². The van der Waals surface area contributed by atoms with Crippen LogP contribution in [0, 0.1) is 23.4 Å². The Morgan fingerprint density at radius 3 is 2.69 bits per heavy atom. The summed E-state index contributed by atoms with van der Waals surface area (Å²) in [5.41, 5.74) is 3.03. The van der Waals surface area contributed by atoms with Gasteiger partial charge in [-0.25, -0.2) is 21.6 Å². The van der Waals surface area contributed by atoms with Gasteiger partial charge < -0.3 is 0 Å². The number of fused-ring (bicyclic) bond motifs is 1. The maximum atomic E-state index is 13.7. The molecule has 1 atom stereocenters. The van der Waals surface area contributed by atoms with Gasteiger partial charge in [-0.2, -0.15) is 0 Å². The Hall–Kier alpha value is -1.91. The Morgan fingerprint density at radius 1 is 1.23 bits per heavy atom. The number of carbonyl (C=O) groups is 1. The van der Waals surface area contributed by atoms with E-state index in [1.165, 1.54) is 11.3 Å². The highest BCUT2D eigenvalue weighted by Crippen LogP contribution is 2.32. The summed E-state index contributed by atoms with van der Waals surface area (Å²) in [6, 6.07) is 2.77. The number of carbonyl (C=O) groups excluding carboxylic acids is 1. The average molecular weight is 404 g/mol. The average Bonchev–Trinajstić information content (AvgIpc) is 3.00. The summed E-state index contributed by atoms with van der Waals surface area (Å²) in [6.07, 6.45) is 2.74. The molecule has 0 radical (unpaired) electrons. The first-order chi connectivity index (χ1) is 12.2. The molecule has 2 N–H and O–H groups in total. The lowest BCUT2D eigenvalue weighted by atomic mass is 9.90. The van der Waals surface area contributed by atoms with Crippen LogP contribution in [-0.4, -0.2) is 14.3 Å². The molecule has 3 rings (SSSR count). The molecule has 5 nitrogen and oxygen atoms in total. The molecule has 0 fully saturated rings. The summed E-state index contributed by atoms with van der Waals surface area (Å²) in [6.45, 7) is 2.12. The monoisotopic (exact) mass is 404 g/mol. The first kappa shape index (κ1) is 18.9. The zero-order valence-corrected chi connectivity index (χ0v) is 15.2. The molecule has 1 aromatic heterocycles. The standard InChI is InChI=1S/C16H15F3N2O3S2/c1-8-2-4-11-9(6-8)7-12(25-11)16(22)20-21-26(23,24)13-5-3-10(17)14(18)15(13)19/h3,5,7-8,21H,2,4,6H2,1H3,(H,20,22)/t8-/m0/s1. The Balaban J connectivity index is 1.74. The third kappa shape index (κ3) is 3.62. The molecule has 140 valence electrons. The van der Waals surface area contributed by atoms with Gasteiger partial charge in [0.25, 0.3) is 15.9 Å². The van der Waals surface area contributed by atoms with E-state index in [4.69, 9.17) is 0 Å². The predicted octanol–water partition coefficient (Wildman–Crippen LogP) is 2.91. The quantitative estimate of drug-likeness (QED) is 0.608. The molecular weight excluding hydrogens is 389 g/mol. The van der Waals surface area contributed by atoms with E-state index >= 15 is 0 Å². The third-order valence-corrected chi connectivity index (χ3v) is 6.64. The molecular formula is C16H15F3N2O3S2. The Labute approximate surface area is 152 Å². The van der Waals surface area contributed by atoms with Crippen LogP contribution in [0.4, 0.5) is 13.2 Å². The first-order valence-electron chi connectivity index (χ1n) is 7.76. The van der Waals surface area contributed by atoms with E-state index in [2.05, 4.69) is 6.92 Å². The van der Waals surface area contributed by atoms with Gasteiger partial charge in [0.15, 0.2) is 17.5 Å². The number of halogens is 3. The van der Waals surface area contributed by atoms with Crippen LogP contribution < -0.4 is 10.3 Å². The third-order valence-electron chi connectivity index (χ3n) is 4.14. The highest BCUT2D eigenvalue weighted by Gasteiger charge is 2.26. The van der Waals surface area contributed by atoms with Crippen molar-refractivity contribution in [2.24, 2.45) is 5.92 Å². The Bertz CT molecular complexity index is 973. The molecule has 1 aliphatic rings. The normalized spacial score (nSPS) is 17.0. The molecule has 2 aromatic rings. The van der Waals surface area contributed by atoms with E-state index in [0.717, 1.165) is 29.7 Å². The van der Waals surface area contributed by atoms with E-state index in [9.17, 15) is 26.4 Å². The highest BCUT2D eigenvalue weighted by molar-refractivity contribution is 7.89. The molecule has 0 bridgehead atoms. The maximum absolute atomic E-state index is 13.7. The number of amides is 1. The molecule has 1 heterocycles. The van der Waals surface area contributed by atoms with E-state index in [-0.39, 0.29) is 0 Å². The Kier molecular flexibility index (Phi) is 5.09. The SMILES string of the molecule is C[C@H]1CCc2sc(C(=O)NNS(=O)(=O)c3ccc(F)c(F)c3F)cc2C1. The van der Waals surface area contributed by atoms with E-state index in [1.807, 2.05) is 5.43 Å². The molecule has 1 aliphatic carbocycles. The smallest absolute Gasteiger partial charge is 0.273 e. The van der Waals surface area contributed by atoms with Crippen molar-refractivity contribution in [2.75, 3.05) is 0 Å². The molecule has 0 unspecified atom stereocenters. The fourth-order valence-electron chi connectivity index (χ4n) is 2.76. The largest absolute Gasteiger partial charge is 0.276 e. The molecule has 26 heavy (non-hydrogen) atoms. The molecule has 10 heteroatoms. The summed E-state index contributed by atoms with van der Waals surface area (Å²) in [7, 11) is -4.60. The number of hydrogen-bond donors (Lipinski definition) is 2. The maximum Gasteiger partial charge on any atom is 0.276 e. The number of thiophene rings is 1.